The Bertz CT molecular complexity index is 360. The van der Waals surface area contributed by atoms with Crippen LogP contribution in [-0.4, -0.2) is 10.0 Å². The highest BCUT2D eigenvalue weighted by atomic mass is 16.6. The fourth-order valence-electron chi connectivity index (χ4n) is 1.23. The number of aliphatic hydroxyl groups excluding tert-OH is 1. The topological polar surface area (TPSA) is 63.4 Å². The van der Waals surface area contributed by atoms with Crippen LogP contribution in [0.3, 0.4) is 0 Å². The molecule has 0 heterocycles. The highest BCUT2D eigenvalue weighted by Crippen LogP contribution is 2.18. The van der Waals surface area contributed by atoms with Crippen molar-refractivity contribution in [2.45, 2.75) is 13.0 Å². The fraction of sp³-hybridized carbons (Fsp3) is 0.200. The summed E-state index contributed by atoms with van der Waals surface area (Å²) in [5.74, 6) is 0. The molecule has 1 rings (SSSR count). The summed E-state index contributed by atoms with van der Waals surface area (Å²) in [5, 5.41) is 19.4. The minimum atomic E-state index is -0.451. The van der Waals surface area contributed by atoms with Crippen molar-refractivity contribution in [1.29, 1.82) is 0 Å². The smallest absolute Gasteiger partial charge is 0.269 e. The minimum absolute atomic E-state index is 0.0408. The van der Waals surface area contributed by atoms with E-state index in [-0.39, 0.29) is 12.3 Å². The van der Waals surface area contributed by atoms with Crippen LogP contribution in [0.2, 0.25) is 0 Å². The molecular weight excluding hydrogens is 182 g/mol. The van der Waals surface area contributed by atoms with Gasteiger partial charge in [0.15, 0.2) is 0 Å². The summed E-state index contributed by atoms with van der Waals surface area (Å²) in [6, 6.07) is 4.42. The lowest BCUT2D eigenvalue weighted by Crippen LogP contribution is -1.95. The van der Waals surface area contributed by atoms with Crippen LogP contribution in [0.15, 0.2) is 30.9 Å². The third-order valence-electron chi connectivity index (χ3n) is 1.94. The van der Waals surface area contributed by atoms with Gasteiger partial charge in [0.25, 0.3) is 5.69 Å². The maximum Gasteiger partial charge on any atom is 0.269 e. The van der Waals surface area contributed by atoms with Gasteiger partial charge in [0.1, 0.15) is 0 Å². The summed E-state index contributed by atoms with van der Waals surface area (Å²) < 4.78 is 0. The molecule has 1 N–H and O–H groups in total. The van der Waals surface area contributed by atoms with Crippen molar-refractivity contribution in [1.82, 2.24) is 0 Å². The maximum atomic E-state index is 10.5. The molecule has 0 radical (unpaired) electrons. The first-order valence-corrected chi connectivity index (χ1v) is 4.17. The van der Waals surface area contributed by atoms with Crippen LogP contribution in [0.25, 0.3) is 0 Å². The number of non-ortho nitro benzene ring substituents is 1. The molecule has 1 aromatic rings. The molecule has 0 aromatic heterocycles. The van der Waals surface area contributed by atoms with Crippen molar-refractivity contribution in [3.05, 3.63) is 52.1 Å². The quantitative estimate of drug-likeness (QED) is 0.450. The Balaban J connectivity index is 3.13. The van der Waals surface area contributed by atoms with Gasteiger partial charge >= 0.3 is 0 Å². The van der Waals surface area contributed by atoms with Crippen molar-refractivity contribution in [3.8, 4) is 0 Å². The molecule has 0 saturated carbocycles. The Morgan fingerprint density at radius 3 is 2.71 bits per heavy atom. The third-order valence-corrected chi connectivity index (χ3v) is 1.94. The average Bonchev–Trinajstić information content (AvgIpc) is 2.18. The number of rotatable bonds is 4. The number of benzene rings is 1. The average molecular weight is 193 g/mol. The second kappa shape index (κ2) is 4.53. The lowest BCUT2D eigenvalue weighted by molar-refractivity contribution is -0.384. The second-order valence-corrected chi connectivity index (χ2v) is 2.86. The predicted octanol–water partition coefficient (Wildman–Crippen LogP) is 1.82. The van der Waals surface area contributed by atoms with Crippen molar-refractivity contribution in [2.75, 3.05) is 0 Å². The van der Waals surface area contributed by atoms with Crippen LogP contribution in [-0.2, 0) is 13.0 Å². The van der Waals surface area contributed by atoms with Crippen LogP contribution in [0.5, 0.6) is 0 Å². The Labute approximate surface area is 81.6 Å². The minimum Gasteiger partial charge on any atom is -0.392 e. The number of aliphatic hydroxyl groups is 1. The molecule has 14 heavy (non-hydrogen) atoms. The van der Waals surface area contributed by atoms with Crippen LogP contribution in [0.4, 0.5) is 5.69 Å². The Kier molecular flexibility index (Phi) is 3.36. The molecular formula is C10H11NO3. The molecule has 0 saturated heterocycles. The van der Waals surface area contributed by atoms with Crippen LogP contribution >= 0.6 is 0 Å². The Morgan fingerprint density at radius 1 is 1.50 bits per heavy atom. The van der Waals surface area contributed by atoms with Gasteiger partial charge in [0.05, 0.1) is 11.5 Å². The van der Waals surface area contributed by atoms with E-state index in [0.717, 1.165) is 5.56 Å². The molecule has 0 fully saturated rings. The van der Waals surface area contributed by atoms with Crippen LogP contribution in [0, 0.1) is 10.1 Å². The number of nitro benzene ring substituents is 1. The molecule has 74 valence electrons. The summed E-state index contributed by atoms with van der Waals surface area (Å²) in [5.41, 5.74) is 1.49. The van der Waals surface area contributed by atoms with Gasteiger partial charge < -0.3 is 5.11 Å². The lowest BCUT2D eigenvalue weighted by Gasteiger charge is -2.03. The molecule has 0 amide bonds. The SMILES string of the molecule is C=CCc1cc([N+](=O)[O-])ccc1CO. The molecule has 0 bridgehead atoms. The first-order chi connectivity index (χ1) is 6.69. The lowest BCUT2D eigenvalue weighted by atomic mass is 10.0. The zero-order chi connectivity index (χ0) is 10.6. The van der Waals surface area contributed by atoms with E-state index in [9.17, 15) is 10.1 Å². The van der Waals surface area contributed by atoms with Gasteiger partial charge in [-0.1, -0.05) is 6.08 Å². The number of hydrogen-bond acceptors (Lipinski definition) is 3. The first kappa shape index (κ1) is 10.4. The van der Waals surface area contributed by atoms with Gasteiger partial charge in [-0.3, -0.25) is 10.1 Å². The van der Waals surface area contributed by atoms with Crippen molar-refractivity contribution >= 4 is 5.69 Å². The number of allylic oxidation sites excluding steroid dienone is 1. The fourth-order valence-corrected chi connectivity index (χ4v) is 1.23. The summed E-state index contributed by atoms with van der Waals surface area (Å²) in [4.78, 5) is 10.0. The monoisotopic (exact) mass is 193 g/mol. The molecule has 0 unspecified atom stereocenters. The Hall–Kier alpha value is -1.68. The molecule has 4 nitrogen and oxygen atoms in total. The first-order valence-electron chi connectivity index (χ1n) is 4.17. The predicted molar refractivity (Wildman–Crippen MR) is 52.9 cm³/mol. The van der Waals surface area contributed by atoms with Gasteiger partial charge in [-0.25, -0.2) is 0 Å². The highest BCUT2D eigenvalue weighted by Gasteiger charge is 2.08. The molecule has 4 heteroatoms. The van der Waals surface area contributed by atoms with E-state index in [4.69, 9.17) is 5.11 Å². The van der Waals surface area contributed by atoms with E-state index in [1.807, 2.05) is 0 Å². The van der Waals surface area contributed by atoms with Gasteiger partial charge in [-0.15, -0.1) is 6.58 Å². The van der Waals surface area contributed by atoms with Crippen LogP contribution < -0.4 is 0 Å². The van der Waals surface area contributed by atoms with Crippen LogP contribution in [0.1, 0.15) is 11.1 Å². The third kappa shape index (κ3) is 2.17. The van der Waals surface area contributed by atoms with E-state index < -0.39 is 4.92 Å². The summed E-state index contributed by atoms with van der Waals surface area (Å²) >= 11 is 0. The Morgan fingerprint density at radius 2 is 2.21 bits per heavy atom. The number of nitrogens with zero attached hydrogens (tertiary/aromatic N) is 1. The van der Waals surface area contributed by atoms with Crippen molar-refractivity contribution < 1.29 is 10.0 Å². The second-order valence-electron chi connectivity index (χ2n) is 2.86. The molecule has 0 aliphatic carbocycles. The van der Waals surface area contributed by atoms with Gasteiger partial charge in [-0.05, 0) is 23.6 Å². The zero-order valence-corrected chi connectivity index (χ0v) is 7.64. The van der Waals surface area contributed by atoms with E-state index in [0.29, 0.717) is 12.0 Å². The highest BCUT2D eigenvalue weighted by molar-refractivity contribution is 5.40. The normalized spacial score (nSPS) is 9.79. The van der Waals surface area contributed by atoms with E-state index in [1.54, 1.807) is 12.1 Å². The molecule has 1 aromatic carbocycles. The number of hydrogen-bond donors (Lipinski definition) is 1. The van der Waals surface area contributed by atoms with Crippen molar-refractivity contribution in [2.24, 2.45) is 0 Å². The molecule has 0 aliphatic rings. The summed E-state index contributed by atoms with van der Waals surface area (Å²) in [7, 11) is 0. The molecule has 0 atom stereocenters. The van der Waals surface area contributed by atoms with Gasteiger partial charge in [0.2, 0.25) is 0 Å². The van der Waals surface area contributed by atoms with E-state index in [2.05, 4.69) is 6.58 Å². The van der Waals surface area contributed by atoms with E-state index >= 15 is 0 Å². The maximum absolute atomic E-state index is 10.5. The standard InChI is InChI=1S/C10H11NO3/c1-2-3-8-6-10(11(13)14)5-4-9(8)7-12/h2,4-6,12H,1,3,7H2. The zero-order valence-electron chi connectivity index (χ0n) is 7.64. The van der Waals surface area contributed by atoms with Crippen molar-refractivity contribution in [3.63, 3.8) is 0 Å². The molecule has 0 spiro atoms. The van der Waals surface area contributed by atoms with E-state index in [1.165, 1.54) is 12.1 Å². The summed E-state index contributed by atoms with van der Waals surface area (Å²) in [6.07, 6.45) is 2.18. The summed E-state index contributed by atoms with van der Waals surface area (Å²) in [6.45, 7) is 3.44. The molecule has 0 aliphatic heterocycles. The van der Waals surface area contributed by atoms with Gasteiger partial charge in [0, 0.05) is 12.1 Å². The largest absolute Gasteiger partial charge is 0.392 e. The number of nitro groups is 1. The van der Waals surface area contributed by atoms with Gasteiger partial charge in [-0.2, -0.15) is 0 Å².